The minimum absolute atomic E-state index is 0.0171. The third kappa shape index (κ3) is 12.1. The number of hydrogen-bond donors (Lipinski definition) is 1. The molecule has 10 atom stereocenters. The summed E-state index contributed by atoms with van der Waals surface area (Å²) < 4.78 is 55.7. The average Bonchev–Trinajstić information content (AvgIpc) is 3.32. The van der Waals surface area contributed by atoms with Gasteiger partial charge in [-0.3, -0.25) is 43.9 Å². The molecule has 4 rings (SSSR count). The van der Waals surface area contributed by atoms with Crippen molar-refractivity contribution in [2.24, 2.45) is 0 Å². The van der Waals surface area contributed by atoms with Gasteiger partial charge in [0.25, 0.3) is 15.6 Å². The van der Waals surface area contributed by atoms with Crippen LogP contribution in [0.25, 0.3) is 0 Å². The van der Waals surface area contributed by atoms with E-state index in [4.69, 9.17) is 87.6 Å². The number of benzene rings is 1. The van der Waals surface area contributed by atoms with Gasteiger partial charge in [0.05, 0.1) is 13.2 Å². The van der Waals surface area contributed by atoms with Crippen molar-refractivity contribution in [2.75, 3.05) is 13.2 Å². The van der Waals surface area contributed by atoms with E-state index < -0.39 is 119 Å². The highest BCUT2D eigenvalue weighted by Gasteiger charge is 2.60. The molecule has 2 amide bonds. The molecule has 2 fully saturated rings. The van der Waals surface area contributed by atoms with Gasteiger partial charge in [-0.15, -0.1) is 0 Å². The third-order valence-electron chi connectivity index (χ3n) is 8.98. The van der Waals surface area contributed by atoms with Crippen molar-refractivity contribution < 1.29 is 80.9 Å². The summed E-state index contributed by atoms with van der Waals surface area (Å²) in [5, 5.41) is 8.37. The smallest absolute Gasteiger partial charge is 0.303 e. The monoisotopic (exact) mass is 892 g/mol. The lowest BCUT2D eigenvalue weighted by Crippen LogP contribution is -2.70. The lowest BCUT2D eigenvalue weighted by Gasteiger charge is -2.50. The van der Waals surface area contributed by atoms with Gasteiger partial charge >= 0.3 is 29.8 Å². The van der Waals surface area contributed by atoms with Crippen molar-refractivity contribution in [3.63, 3.8) is 0 Å². The van der Waals surface area contributed by atoms with E-state index >= 15 is 0 Å². The highest BCUT2D eigenvalue weighted by Crippen LogP contribution is 2.39. The van der Waals surface area contributed by atoms with Crippen LogP contribution < -0.4 is 0 Å². The number of nitrogens with zero attached hydrogens (tertiary/aromatic N) is 1. The van der Waals surface area contributed by atoms with E-state index in [1.165, 1.54) is 13.8 Å². The Balaban J connectivity index is 1.92. The first-order valence-electron chi connectivity index (χ1n) is 17.9. The molecule has 0 aliphatic carbocycles. The van der Waals surface area contributed by atoms with Crippen molar-refractivity contribution >= 4 is 82.4 Å². The fourth-order valence-electron chi connectivity index (χ4n) is 6.43. The Morgan fingerprint density at radius 1 is 0.661 bits per heavy atom. The van der Waals surface area contributed by atoms with Crippen LogP contribution in [0.2, 0.25) is 0 Å². The zero-order valence-electron chi connectivity index (χ0n) is 32.8. The van der Waals surface area contributed by atoms with Crippen molar-refractivity contribution in [1.82, 2.24) is 4.90 Å². The molecular weight excluding hydrogens is 851 g/mol. The zero-order chi connectivity index (χ0) is 43.9. The molecule has 0 bridgehead atoms. The summed E-state index contributed by atoms with van der Waals surface area (Å²) in [6.07, 6.45) is -15.5. The van der Waals surface area contributed by atoms with Gasteiger partial charge in [-0.25, -0.2) is 0 Å². The molecule has 1 aromatic carbocycles. The second-order valence-corrected chi connectivity index (χ2v) is 15.7. The first-order chi connectivity index (χ1) is 27.6. The summed E-state index contributed by atoms with van der Waals surface area (Å²) in [6.45, 7) is 6.91. The summed E-state index contributed by atoms with van der Waals surface area (Å²) in [6, 6.07) is 7.04. The number of ether oxygens (including phenoxy) is 10. The SMILES string of the molecule is CC(=O)OC[C@H]1O[C@@H](OC(=N)C(Cl)(Cl)Cl)[C@H](N2C(=O)C(C)=C(C)C2=O)[C@@H](O[C@@H]2O[C@H](COCc3ccccc3)[C@H](OC(C)=O)[C@H](OC(C)=O)[C@H]2OC(C)=O)[C@@H]1OC(C)=O. The molecule has 2 saturated heterocycles. The zero-order valence-corrected chi connectivity index (χ0v) is 35.1. The largest absolute Gasteiger partial charge is 0.463 e. The maximum atomic E-state index is 13.9. The summed E-state index contributed by atoms with van der Waals surface area (Å²) in [5.41, 5.74) is 0.709. The fraction of sp³-hybridized carbons (Fsp3) is 0.568. The van der Waals surface area contributed by atoms with Crippen LogP contribution in [0, 0.1) is 5.41 Å². The number of alkyl halides is 3. The molecule has 59 heavy (non-hydrogen) atoms. The van der Waals surface area contributed by atoms with E-state index in [0.717, 1.165) is 40.2 Å². The summed E-state index contributed by atoms with van der Waals surface area (Å²) in [5.74, 6) is -7.36. The van der Waals surface area contributed by atoms with Crippen molar-refractivity contribution in [2.45, 2.75) is 120 Å². The average molecular weight is 894 g/mol. The summed E-state index contributed by atoms with van der Waals surface area (Å²) in [4.78, 5) is 91.0. The molecule has 0 aromatic heterocycles. The van der Waals surface area contributed by atoms with E-state index in [1.54, 1.807) is 30.3 Å². The Kier molecular flexibility index (Phi) is 16.2. The number of nitrogens with one attached hydrogen (secondary N) is 1. The molecular formula is C37H43Cl3N2O17. The molecule has 22 heteroatoms. The first-order valence-corrected chi connectivity index (χ1v) is 19.0. The number of rotatable bonds is 14. The first kappa shape index (κ1) is 47.3. The Morgan fingerprint density at radius 2 is 1.14 bits per heavy atom. The van der Waals surface area contributed by atoms with Crippen LogP contribution in [0.5, 0.6) is 0 Å². The van der Waals surface area contributed by atoms with Gasteiger partial charge in [0.2, 0.25) is 12.2 Å². The number of carbonyl (C=O) groups is 7. The van der Waals surface area contributed by atoms with E-state index in [2.05, 4.69) is 0 Å². The molecule has 3 heterocycles. The molecule has 0 saturated carbocycles. The number of carbonyl (C=O) groups excluding carboxylic acids is 7. The van der Waals surface area contributed by atoms with Gasteiger partial charge in [-0.05, 0) is 19.4 Å². The van der Waals surface area contributed by atoms with Gasteiger partial charge in [0.1, 0.15) is 31.0 Å². The second kappa shape index (κ2) is 20.3. The highest BCUT2D eigenvalue weighted by molar-refractivity contribution is 6.76. The van der Waals surface area contributed by atoms with Crippen molar-refractivity contribution in [3.05, 3.63) is 47.0 Å². The summed E-state index contributed by atoms with van der Waals surface area (Å²) in [7, 11) is 0. The predicted molar refractivity (Wildman–Crippen MR) is 200 cm³/mol. The maximum absolute atomic E-state index is 13.9. The number of imide groups is 1. The number of esters is 5. The molecule has 3 aliphatic heterocycles. The van der Waals surface area contributed by atoms with Gasteiger partial charge in [0.15, 0.2) is 30.7 Å². The van der Waals surface area contributed by atoms with Gasteiger partial charge in [-0.1, -0.05) is 65.1 Å². The minimum Gasteiger partial charge on any atom is -0.463 e. The van der Waals surface area contributed by atoms with Crippen LogP contribution in [0.15, 0.2) is 41.5 Å². The Morgan fingerprint density at radius 3 is 1.64 bits per heavy atom. The van der Waals surface area contributed by atoms with Gasteiger partial charge < -0.3 is 47.4 Å². The number of halogens is 3. The topological polar surface area (TPSA) is 239 Å². The molecule has 0 radical (unpaired) electrons. The fourth-order valence-corrected chi connectivity index (χ4v) is 6.57. The molecule has 3 aliphatic rings. The van der Waals surface area contributed by atoms with Crippen LogP contribution in [0.3, 0.4) is 0 Å². The quantitative estimate of drug-likeness (QED) is 0.0705. The van der Waals surface area contributed by atoms with Gasteiger partial charge in [0, 0.05) is 45.8 Å². The second-order valence-electron chi connectivity index (χ2n) is 13.5. The highest BCUT2D eigenvalue weighted by atomic mass is 35.6. The molecule has 0 spiro atoms. The van der Waals surface area contributed by atoms with Crippen molar-refractivity contribution in [3.8, 4) is 0 Å². The van der Waals surface area contributed by atoms with E-state index in [1.807, 2.05) is 0 Å². The number of amides is 2. The molecule has 1 aromatic rings. The molecule has 0 unspecified atom stereocenters. The van der Waals surface area contributed by atoms with E-state index in [9.17, 15) is 33.6 Å². The Labute approximate surface area is 353 Å². The minimum atomic E-state index is -2.53. The van der Waals surface area contributed by atoms with Crippen LogP contribution in [0.4, 0.5) is 0 Å². The van der Waals surface area contributed by atoms with E-state index in [0.29, 0.717) is 4.90 Å². The molecule has 1 N–H and O–H groups in total. The lowest BCUT2D eigenvalue weighted by molar-refractivity contribution is -0.348. The molecule has 19 nitrogen and oxygen atoms in total. The van der Waals surface area contributed by atoms with Crippen LogP contribution in [-0.4, -0.2) is 131 Å². The van der Waals surface area contributed by atoms with E-state index in [-0.39, 0.29) is 24.4 Å². The van der Waals surface area contributed by atoms with Crippen LogP contribution in [-0.2, 0) is 87.5 Å². The molecule has 324 valence electrons. The maximum Gasteiger partial charge on any atom is 0.303 e. The predicted octanol–water partition coefficient (Wildman–Crippen LogP) is 2.77. The third-order valence-corrected chi connectivity index (χ3v) is 9.50. The Bertz CT molecular complexity index is 1800. The number of hydrogen-bond acceptors (Lipinski definition) is 18. The van der Waals surface area contributed by atoms with Crippen molar-refractivity contribution in [1.29, 1.82) is 5.41 Å². The lowest BCUT2D eigenvalue weighted by atomic mass is 9.93. The van der Waals surface area contributed by atoms with Crippen LogP contribution in [0.1, 0.15) is 54.0 Å². The normalized spacial score (nSPS) is 28.4. The Hall–Kier alpha value is -4.37. The standard InChI is InChI=1S/C37H43Cl3N2O17/c1-16-17(2)33(49)42(32(16)48)26-29(27(52-19(4)44)25(15-51-18(3)43)56-34(26)59-36(41)37(38,39)40)58-35-31(55-22(7)47)30(54-21(6)46)28(53-20(5)45)24(57-35)14-50-13-23-11-9-8-10-12-23/h8-12,24-31,34-35,41H,13-15H2,1-7H3/t24-,25-,26-,27-,28+,29-,30+,31-,34+,35+/m1/s1. The van der Waals surface area contributed by atoms with Crippen LogP contribution >= 0.6 is 34.8 Å². The summed E-state index contributed by atoms with van der Waals surface area (Å²) >= 11 is 17.9. The van der Waals surface area contributed by atoms with Gasteiger partial charge in [-0.2, -0.15) is 0 Å².